The monoisotopic (exact) mass is 479 g/mol. The van der Waals surface area contributed by atoms with E-state index in [-0.39, 0.29) is 11.8 Å². The SMILES string of the molecule is CC(Oc1cc2c(Nc3ccn4nccc4c3F)ncnc2cc1Br)c1ccncn1. The molecule has 0 saturated carbocycles. The third kappa shape index (κ3) is 3.66. The number of benzene rings is 1. The van der Waals surface area contributed by atoms with Gasteiger partial charge in [0.15, 0.2) is 5.82 Å². The fourth-order valence-corrected chi connectivity index (χ4v) is 3.65. The second kappa shape index (κ2) is 7.88. The van der Waals surface area contributed by atoms with Crippen LogP contribution in [0.5, 0.6) is 5.75 Å². The van der Waals surface area contributed by atoms with Gasteiger partial charge in [-0.3, -0.25) is 0 Å². The number of hydrogen-bond acceptors (Lipinski definition) is 7. The topological polar surface area (TPSA) is 90.1 Å². The van der Waals surface area contributed by atoms with Crippen LogP contribution in [-0.2, 0) is 0 Å². The Bertz CT molecular complexity index is 1390. The lowest BCUT2D eigenvalue weighted by Crippen LogP contribution is -2.06. The lowest BCUT2D eigenvalue weighted by molar-refractivity contribution is 0.220. The lowest BCUT2D eigenvalue weighted by atomic mass is 10.2. The van der Waals surface area contributed by atoms with Crippen molar-refractivity contribution in [2.45, 2.75) is 13.0 Å². The molecule has 4 heterocycles. The second-order valence-corrected chi connectivity index (χ2v) is 7.60. The third-order valence-electron chi connectivity index (χ3n) is 4.78. The fraction of sp³-hybridized carbons (Fsp3) is 0.0952. The van der Waals surface area contributed by atoms with Crippen LogP contribution in [0.25, 0.3) is 16.4 Å². The number of rotatable bonds is 5. The van der Waals surface area contributed by atoms with Crippen molar-refractivity contribution in [3.8, 4) is 5.75 Å². The summed E-state index contributed by atoms with van der Waals surface area (Å²) >= 11 is 3.54. The molecule has 0 aliphatic rings. The van der Waals surface area contributed by atoms with Gasteiger partial charge in [0.1, 0.15) is 35.8 Å². The van der Waals surface area contributed by atoms with Crippen molar-refractivity contribution in [1.29, 1.82) is 0 Å². The zero-order chi connectivity index (χ0) is 21.4. The number of aromatic nitrogens is 6. The highest BCUT2D eigenvalue weighted by Crippen LogP contribution is 2.35. The van der Waals surface area contributed by atoms with E-state index in [0.29, 0.717) is 28.0 Å². The van der Waals surface area contributed by atoms with Crippen LogP contribution in [0, 0.1) is 5.82 Å². The van der Waals surface area contributed by atoms with E-state index in [0.717, 1.165) is 10.2 Å². The van der Waals surface area contributed by atoms with Gasteiger partial charge in [-0.1, -0.05) is 0 Å². The number of pyridine rings is 1. The number of fused-ring (bicyclic) bond motifs is 2. The average molecular weight is 480 g/mol. The van der Waals surface area contributed by atoms with Gasteiger partial charge in [-0.15, -0.1) is 0 Å². The van der Waals surface area contributed by atoms with Crippen molar-refractivity contribution >= 4 is 43.9 Å². The van der Waals surface area contributed by atoms with Gasteiger partial charge in [-0.25, -0.2) is 28.8 Å². The Morgan fingerprint density at radius 3 is 2.84 bits per heavy atom. The Kier molecular flexibility index (Phi) is 4.91. The molecule has 0 aliphatic carbocycles. The van der Waals surface area contributed by atoms with Crippen molar-refractivity contribution in [1.82, 2.24) is 29.5 Å². The number of nitrogens with one attached hydrogen (secondary N) is 1. The molecule has 1 atom stereocenters. The molecule has 0 bridgehead atoms. The summed E-state index contributed by atoms with van der Waals surface area (Å²) in [4.78, 5) is 16.8. The van der Waals surface area contributed by atoms with Crippen molar-refractivity contribution in [2.24, 2.45) is 0 Å². The van der Waals surface area contributed by atoms with Crippen LogP contribution in [0.2, 0.25) is 0 Å². The summed E-state index contributed by atoms with van der Waals surface area (Å²) in [5, 5.41) is 7.80. The predicted octanol–water partition coefficient (Wildman–Crippen LogP) is 4.85. The highest BCUT2D eigenvalue weighted by atomic mass is 79.9. The molecule has 0 aliphatic heterocycles. The first kappa shape index (κ1) is 19.3. The molecule has 0 radical (unpaired) electrons. The molecule has 0 amide bonds. The van der Waals surface area contributed by atoms with Gasteiger partial charge in [0.05, 0.1) is 27.6 Å². The smallest absolute Gasteiger partial charge is 0.172 e. The molecule has 8 nitrogen and oxygen atoms in total. The molecule has 0 saturated heterocycles. The second-order valence-electron chi connectivity index (χ2n) is 6.75. The molecule has 154 valence electrons. The molecule has 5 aromatic rings. The molecule has 10 heteroatoms. The van der Waals surface area contributed by atoms with Crippen LogP contribution in [0.4, 0.5) is 15.9 Å². The summed E-state index contributed by atoms with van der Waals surface area (Å²) in [6.45, 7) is 1.90. The fourth-order valence-electron chi connectivity index (χ4n) is 3.23. The van der Waals surface area contributed by atoms with Crippen LogP contribution in [0.1, 0.15) is 18.7 Å². The molecule has 1 aromatic carbocycles. The summed E-state index contributed by atoms with van der Waals surface area (Å²) in [5.41, 5.74) is 2.08. The van der Waals surface area contributed by atoms with Gasteiger partial charge < -0.3 is 10.1 Å². The van der Waals surface area contributed by atoms with Crippen molar-refractivity contribution in [2.75, 3.05) is 5.32 Å². The minimum Gasteiger partial charge on any atom is -0.483 e. The van der Waals surface area contributed by atoms with E-state index in [4.69, 9.17) is 4.74 Å². The maximum atomic E-state index is 14.9. The van der Waals surface area contributed by atoms with Gasteiger partial charge in [0.2, 0.25) is 0 Å². The Balaban J connectivity index is 1.53. The van der Waals surface area contributed by atoms with Crippen molar-refractivity contribution in [3.63, 3.8) is 0 Å². The molecule has 0 spiro atoms. The molecule has 4 aromatic heterocycles. The minimum absolute atomic E-state index is 0.285. The first-order valence-electron chi connectivity index (χ1n) is 9.36. The summed E-state index contributed by atoms with van der Waals surface area (Å²) in [6, 6.07) is 8.66. The predicted molar refractivity (Wildman–Crippen MR) is 117 cm³/mol. The van der Waals surface area contributed by atoms with Gasteiger partial charge >= 0.3 is 0 Å². The van der Waals surface area contributed by atoms with Crippen molar-refractivity contribution in [3.05, 3.63) is 77.6 Å². The zero-order valence-electron chi connectivity index (χ0n) is 16.2. The summed E-state index contributed by atoms with van der Waals surface area (Å²) in [7, 11) is 0. The first-order chi connectivity index (χ1) is 15.1. The number of anilines is 2. The quantitative estimate of drug-likeness (QED) is 0.385. The Morgan fingerprint density at radius 1 is 1.10 bits per heavy atom. The third-order valence-corrected chi connectivity index (χ3v) is 5.40. The van der Waals surface area contributed by atoms with Gasteiger partial charge in [0.25, 0.3) is 0 Å². The number of halogens is 2. The molecule has 0 fully saturated rings. The average Bonchev–Trinajstić information content (AvgIpc) is 3.27. The maximum Gasteiger partial charge on any atom is 0.172 e. The highest BCUT2D eigenvalue weighted by molar-refractivity contribution is 9.10. The van der Waals surface area contributed by atoms with E-state index >= 15 is 0 Å². The number of hydrogen-bond donors (Lipinski definition) is 1. The Hall–Kier alpha value is -3.66. The van der Waals surface area contributed by atoms with E-state index in [9.17, 15) is 4.39 Å². The zero-order valence-corrected chi connectivity index (χ0v) is 17.8. The summed E-state index contributed by atoms with van der Waals surface area (Å²) in [6.07, 6.45) is 7.49. The Morgan fingerprint density at radius 2 is 2.00 bits per heavy atom. The molecule has 5 rings (SSSR count). The number of nitrogens with zero attached hydrogens (tertiary/aromatic N) is 6. The molecule has 1 unspecified atom stereocenters. The highest BCUT2D eigenvalue weighted by Gasteiger charge is 2.16. The van der Waals surface area contributed by atoms with Gasteiger partial charge in [-0.2, -0.15) is 5.10 Å². The normalized spacial score (nSPS) is 12.2. The largest absolute Gasteiger partial charge is 0.483 e. The van der Waals surface area contributed by atoms with Gasteiger partial charge in [0, 0.05) is 17.8 Å². The van der Waals surface area contributed by atoms with Crippen LogP contribution < -0.4 is 10.1 Å². The molecular weight excluding hydrogens is 465 g/mol. The summed E-state index contributed by atoms with van der Waals surface area (Å²) < 4.78 is 23.2. The Labute approximate surface area is 184 Å². The van der Waals surface area contributed by atoms with Crippen LogP contribution in [0.3, 0.4) is 0 Å². The van der Waals surface area contributed by atoms with E-state index < -0.39 is 5.82 Å². The summed E-state index contributed by atoms with van der Waals surface area (Å²) in [5.74, 6) is 0.626. The van der Waals surface area contributed by atoms with Crippen molar-refractivity contribution < 1.29 is 9.13 Å². The van der Waals surface area contributed by atoms with E-state index in [1.54, 1.807) is 36.8 Å². The molecular formula is C21H15BrFN7O. The van der Waals surface area contributed by atoms with Crippen LogP contribution in [-0.4, -0.2) is 29.5 Å². The minimum atomic E-state index is -0.419. The molecule has 31 heavy (non-hydrogen) atoms. The lowest BCUT2D eigenvalue weighted by Gasteiger charge is -2.16. The van der Waals surface area contributed by atoms with Crippen LogP contribution >= 0.6 is 15.9 Å². The van der Waals surface area contributed by atoms with E-state index in [1.165, 1.54) is 17.2 Å². The van der Waals surface area contributed by atoms with E-state index in [2.05, 4.69) is 46.3 Å². The standard InChI is InChI=1S/C21H15BrFN7O/c1-12(15-2-5-24-10-25-15)31-19-8-13-17(9-14(19)22)26-11-27-21(13)29-16-4-7-30-18(20(16)23)3-6-28-30/h2-12H,1H3,(H,26,27,29). The molecule has 1 N–H and O–H groups in total. The van der Waals surface area contributed by atoms with E-state index in [1.807, 2.05) is 19.1 Å². The maximum absolute atomic E-state index is 14.9. The van der Waals surface area contributed by atoms with Crippen LogP contribution in [0.15, 0.2) is 66.0 Å². The number of ether oxygens (including phenoxy) is 1. The van der Waals surface area contributed by atoms with Gasteiger partial charge in [-0.05, 0) is 53.2 Å². The first-order valence-corrected chi connectivity index (χ1v) is 10.1.